The number of nitrogens with zero attached hydrogens (tertiary/aromatic N) is 2. The number of fused-ring (bicyclic) bond motifs is 1. The molecule has 0 amide bonds. The Morgan fingerprint density at radius 1 is 1.19 bits per heavy atom. The molecule has 2 nitrogen and oxygen atoms in total. The predicted octanol–water partition coefficient (Wildman–Crippen LogP) is 3.57. The Morgan fingerprint density at radius 2 is 2.12 bits per heavy atom. The monoisotopic (exact) mass is 214 g/mol. The largest absolute Gasteiger partial charge is 0.301 e. The van der Waals surface area contributed by atoms with Gasteiger partial charge in [-0.3, -0.25) is 0 Å². The summed E-state index contributed by atoms with van der Waals surface area (Å²) in [5.74, 6) is 1.16. The van der Waals surface area contributed by atoms with Gasteiger partial charge in [0.05, 0.1) is 11.4 Å². The van der Waals surface area contributed by atoms with Gasteiger partial charge in [-0.25, -0.2) is 4.98 Å². The van der Waals surface area contributed by atoms with E-state index >= 15 is 0 Å². The molecule has 0 N–H and O–H groups in total. The molecule has 0 aliphatic heterocycles. The predicted molar refractivity (Wildman–Crippen MR) is 67.1 cm³/mol. The van der Waals surface area contributed by atoms with Crippen molar-refractivity contribution in [3.05, 3.63) is 29.4 Å². The topological polar surface area (TPSA) is 17.8 Å². The second-order valence-electron chi connectivity index (χ2n) is 4.71. The van der Waals surface area contributed by atoms with Gasteiger partial charge in [0.25, 0.3) is 0 Å². The lowest BCUT2D eigenvalue weighted by molar-refractivity contribution is 0.712. The standard InChI is InChI=1S/C14H18N2/c1-11-15-13-9-5-6-10-14(13)16(11)12-7-3-2-4-8-12/h6-7,10H,2-5,8-9H2,1H3. The highest BCUT2D eigenvalue weighted by molar-refractivity contribution is 5.60. The van der Waals surface area contributed by atoms with Crippen LogP contribution in [0, 0.1) is 6.92 Å². The van der Waals surface area contributed by atoms with Crippen LogP contribution in [-0.4, -0.2) is 9.55 Å². The molecule has 1 aromatic heterocycles. The van der Waals surface area contributed by atoms with Crippen LogP contribution in [0.4, 0.5) is 0 Å². The van der Waals surface area contributed by atoms with Crippen LogP contribution in [-0.2, 0) is 6.42 Å². The number of aryl methyl sites for hydroxylation is 2. The van der Waals surface area contributed by atoms with Crippen molar-refractivity contribution in [3.8, 4) is 0 Å². The lowest BCUT2D eigenvalue weighted by Gasteiger charge is -2.17. The zero-order valence-electron chi connectivity index (χ0n) is 9.87. The Morgan fingerprint density at radius 3 is 2.94 bits per heavy atom. The average Bonchev–Trinajstić information content (AvgIpc) is 2.66. The first kappa shape index (κ1) is 9.88. The molecule has 84 valence electrons. The maximum Gasteiger partial charge on any atom is 0.110 e. The minimum atomic E-state index is 1.10. The number of allylic oxidation sites excluding steroid dienone is 3. The second kappa shape index (κ2) is 3.93. The Hall–Kier alpha value is -1.31. The molecule has 1 heterocycles. The maximum atomic E-state index is 4.70. The van der Waals surface area contributed by atoms with E-state index in [2.05, 4.69) is 29.7 Å². The Labute approximate surface area is 96.7 Å². The summed E-state index contributed by atoms with van der Waals surface area (Å²) in [6.45, 7) is 2.13. The van der Waals surface area contributed by atoms with E-state index in [9.17, 15) is 0 Å². The van der Waals surface area contributed by atoms with Crippen LogP contribution in [0.15, 0.2) is 12.2 Å². The minimum absolute atomic E-state index is 1.10. The zero-order valence-corrected chi connectivity index (χ0v) is 9.87. The Bertz CT molecular complexity index is 463. The van der Waals surface area contributed by atoms with Crippen LogP contribution < -0.4 is 0 Å². The number of hydrogen-bond acceptors (Lipinski definition) is 1. The van der Waals surface area contributed by atoms with Crippen LogP contribution in [0.25, 0.3) is 11.8 Å². The molecule has 2 aliphatic rings. The Kier molecular flexibility index (Phi) is 2.43. The quantitative estimate of drug-likeness (QED) is 0.699. The lowest BCUT2D eigenvalue weighted by atomic mass is 10.0. The molecule has 0 saturated heterocycles. The first-order chi connectivity index (χ1) is 7.86. The third-order valence-corrected chi connectivity index (χ3v) is 3.53. The summed E-state index contributed by atoms with van der Waals surface area (Å²) in [7, 11) is 0. The molecule has 0 saturated carbocycles. The molecule has 0 spiro atoms. The molecule has 2 aliphatic carbocycles. The highest BCUT2D eigenvalue weighted by atomic mass is 15.1. The highest BCUT2D eigenvalue weighted by Crippen LogP contribution is 2.28. The fourth-order valence-corrected chi connectivity index (χ4v) is 2.76. The van der Waals surface area contributed by atoms with E-state index in [4.69, 9.17) is 4.98 Å². The van der Waals surface area contributed by atoms with E-state index in [1.54, 1.807) is 0 Å². The van der Waals surface area contributed by atoms with Crippen molar-refractivity contribution < 1.29 is 0 Å². The molecule has 2 heteroatoms. The second-order valence-corrected chi connectivity index (χ2v) is 4.71. The summed E-state index contributed by atoms with van der Waals surface area (Å²) in [5.41, 5.74) is 4.08. The van der Waals surface area contributed by atoms with Gasteiger partial charge in [-0.05, 0) is 51.5 Å². The van der Waals surface area contributed by atoms with E-state index in [1.165, 1.54) is 42.8 Å². The molecular formula is C14H18N2. The van der Waals surface area contributed by atoms with Crippen molar-refractivity contribution in [2.75, 3.05) is 0 Å². The summed E-state index contributed by atoms with van der Waals surface area (Å²) < 4.78 is 2.37. The molecule has 0 unspecified atom stereocenters. The molecule has 0 bridgehead atoms. The zero-order chi connectivity index (χ0) is 11.0. The third kappa shape index (κ3) is 1.53. The number of rotatable bonds is 1. The molecular weight excluding hydrogens is 196 g/mol. The molecule has 0 aromatic carbocycles. The van der Waals surface area contributed by atoms with Gasteiger partial charge in [0.2, 0.25) is 0 Å². The SMILES string of the molecule is Cc1nc2c(n1C1=CCCCC1)C=CCC2. The average molecular weight is 214 g/mol. The first-order valence-electron chi connectivity index (χ1n) is 6.30. The van der Waals surface area contributed by atoms with Crippen LogP contribution in [0.3, 0.4) is 0 Å². The van der Waals surface area contributed by atoms with Gasteiger partial charge in [0, 0.05) is 5.70 Å². The normalized spacial score (nSPS) is 19.4. The molecule has 0 atom stereocenters. The number of hydrogen-bond donors (Lipinski definition) is 0. The minimum Gasteiger partial charge on any atom is -0.301 e. The van der Waals surface area contributed by atoms with Crippen molar-refractivity contribution in [2.45, 2.75) is 45.4 Å². The summed E-state index contributed by atoms with van der Waals surface area (Å²) in [4.78, 5) is 4.70. The van der Waals surface area contributed by atoms with Crippen molar-refractivity contribution in [1.29, 1.82) is 0 Å². The van der Waals surface area contributed by atoms with Gasteiger partial charge in [0.1, 0.15) is 5.82 Å². The fourth-order valence-electron chi connectivity index (χ4n) is 2.76. The molecule has 0 radical (unpaired) electrons. The molecule has 3 rings (SSSR count). The van der Waals surface area contributed by atoms with Crippen molar-refractivity contribution in [3.63, 3.8) is 0 Å². The third-order valence-electron chi connectivity index (χ3n) is 3.53. The number of imidazole rings is 1. The van der Waals surface area contributed by atoms with E-state index < -0.39 is 0 Å². The molecule has 16 heavy (non-hydrogen) atoms. The lowest BCUT2D eigenvalue weighted by Crippen LogP contribution is -2.06. The van der Waals surface area contributed by atoms with Crippen LogP contribution in [0.5, 0.6) is 0 Å². The summed E-state index contributed by atoms with van der Waals surface area (Å²) in [5, 5.41) is 0. The highest BCUT2D eigenvalue weighted by Gasteiger charge is 2.17. The van der Waals surface area contributed by atoms with Gasteiger partial charge in [-0.2, -0.15) is 0 Å². The van der Waals surface area contributed by atoms with E-state index in [-0.39, 0.29) is 0 Å². The molecule has 1 aromatic rings. The van der Waals surface area contributed by atoms with Crippen LogP contribution >= 0.6 is 0 Å². The fraction of sp³-hybridized carbons (Fsp3) is 0.500. The van der Waals surface area contributed by atoms with Crippen molar-refractivity contribution in [2.24, 2.45) is 0 Å². The maximum absolute atomic E-state index is 4.70. The molecule has 0 fully saturated rings. The van der Waals surface area contributed by atoms with Crippen LogP contribution in [0.2, 0.25) is 0 Å². The summed E-state index contributed by atoms with van der Waals surface area (Å²) >= 11 is 0. The smallest absolute Gasteiger partial charge is 0.110 e. The van der Waals surface area contributed by atoms with E-state index in [0.29, 0.717) is 0 Å². The van der Waals surface area contributed by atoms with Gasteiger partial charge >= 0.3 is 0 Å². The van der Waals surface area contributed by atoms with Crippen LogP contribution in [0.1, 0.15) is 49.3 Å². The van der Waals surface area contributed by atoms with Gasteiger partial charge in [0.15, 0.2) is 0 Å². The first-order valence-corrected chi connectivity index (χ1v) is 6.30. The van der Waals surface area contributed by atoms with Gasteiger partial charge in [-0.1, -0.05) is 12.2 Å². The van der Waals surface area contributed by atoms with Crippen molar-refractivity contribution in [1.82, 2.24) is 9.55 Å². The summed E-state index contributed by atoms with van der Waals surface area (Å²) in [6.07, 6.45) is 14.2. The summed E-state index contributed by atoms with van der Waals surface area (Å²) in [6, 6.07) is 0. The number of aromatic nitrogens is 2. The van der Waals surface area contributed by atoms with Gasteiger partial charge < -0.3 is 4.57 Å². The van der Waals surface area contributed by atoms with Gasteiger partial charge in [-0.15, -0.1) is 0 Å². The van der Waals surface area contributed by atoms with E-state index in [1.807, 2.05) is 0 Å². The van der Waals surface area contributed by atoms with Crippen molar-refractivity contribution >= 4 is 11.8 Å². The Balaban J connectivity index is 2.10. The van der Waals surface area contributed by atoms with E-state index in [0.717, 1.165) is 18.7 Å².